The van der Waals surface area contributed by atoms with Gasteiger partial charge in [-0.2, -0.15) is 0 Å². The van der Waals surface area contributed by atoms with Crippen molar-refractivity contribution in [2.45, 2.75) is 19.1 Å². The number of carbonyl (C=O) groups excluding carboxylic acids is 1. The van der Waals surface area contributed by atoms with E-state index in [0.29, 0.717) is 14.9 Å². The molecular formula is C15H16ClNO3S2. The van der Waals surface area contributed by atoms with Crippen molar-refractivity contribution in [1.82, 2.24) is 0 Å². The van der Waals surface area contributed by atoms with Crippen molar-refractivity contribution in [2.75, 3.05) is 11.1 Å². The fraction of sp³-hybridized carbons (Fsp3) is 0.267. The molecular weight excluding hydrogens is 342 g/mol. The van der Waals surface area contributed by atoms with Gasteiger partial charge in [0.05, 0.1) is 10.1 Å². The van der Waals surface area contributed by atoms with E-state index in [4.69, 9.17) is 11.6 Å². The summed E-state index contributed by atoms with van der Waals surface area (Å²) in [4.78, 5) is 12.5. The molecule has 0 bridgehead atoms. The van der Waals surface area contributed by atoms with Gasteiger partial charge in [-0.1, -0.05) is 30.7 Å². The highest BCUT2D eigenvalue weighted by Crippen LogP contribution is 2.23. The Hall–Kier alpha value is -1.37. The summed E-state index contributed by atoms with van der Waals surface area (Å²) in [6, 6.07) is 10.6. The number of rotatable bonds is 6. The molecule has 0 radical (unpaired) electrons. The molecule has 0 unspecified atom stereocenters. The first-order chi connectivity index (χ1) is 10.4. The van der Waals surface area contributed by atoms with E-state index < -0.39 is 21.5 Å². The van der Waals surface area contributed by atoms with Crippen molar-refractivity contribution in [2.24, 2.45) is 0 Å². The van der Waals surface area contributed by atoms with Crippen LogP contribution in [0.5, 0.6) is 0 Å². The fourth-order valence-corrected chi connectivity index (χ4v) is 4.68. The second-order valence-corrected chi connectivity index (χ2v) is 8.70. The van der Waals surface area contributed by atoms with E-state index in [1.54, 1.807) is 24.3 Å². The zero-order valence-corrected chi connectivity index (χ0v) is 14.4. The lowest BCUT2D eigenvalue weighted by atomic mass is 10.1. The van der Waals surface area contributed by atoms with Gasteiger partial charge in [-0.25, -0.2) is 8.42 Å². The molecule has 0 aliphatic heterocycles. The molecule has 0 saturated carbocycles. The number of thiophene rings is 1. The number of sulfone groups is 1. The lowest BCUT2D eigenvalue weighted by Crippen LogP contribution is -2.23. The molecule has 22 heavy (non-hydrogen) atoms. The summed E-state index contributed by atoms with van der Waals surface area (Å²) < 4.78 is 24.6. The molecule has 118 valence electrons. The number of hydrogen-bond donors (Lipinski definition) is 1. The van der Waals surface area contributed by atoms with Crippen molar-refractivity contribution in [3.8, 4) is 0 Å². The average Bonchev–Trinajstić information content (AvgIpc) is 2.83. The highest BCUT2D eigenvalue weighted by atomic mass is 35.5. The summed E-state index contributed by atoms with van der Waals surface area (Å²) in [7, 11) is -3.51. The molecule has 1 aromatic carbocycles. The van der Waals surface area contributed by atoms with Crippen LogP contribution in [0, 0.1) is 0 Å². The van der Waals surface area contributed by atoms with E-state index in [9.17, 15) is 13.2 Å². The van der Waals surface area contributed by atoms with Gasteiger partial charge in [0.25, 0.3) is 0 Å². The number of hydrogen-bond acceptors (Lipinski definition) is 4. The topological polar surface area (TPSA) is 63.2 Å². The van der Waals surface area contributed by atoms with E-state index in [-0.39, 0.29) is 5.75 Å². The normalized spacial score (nSPS) is 11.4. The Morgan fingerprint density at radius 3 is 2.41 bits per heavy atom. The third-order valence-corrected chi connectivity index (χ3v) is 5.85. The Labute approximate surface area is 139 Å². The molecule has 0 atom stereocenters. The van der Waals surface area contributed by atoms with Gasteiger partial charge in [0, 0.05) is 10.6 Å². The number of benzene rings is 1. The molecule has 0 fully saturated rings. The highest BCUT2D eigenvalue weighted by Gasteiger charge is 2.18. The second kappa shape index (κ2) is 7.26. The van der Waals surface area contributed by atoms with Gasteiger partial charge in [-0.15, -0.1) is 11.3 Å². The zero-order valence-electron chi connectivity index (χ0n) is 12.0. The number of amides is 1. The van der Waals surface area contributed by atoms with Gasteiger partial charge in [-0.05, 0) is 36.2 Å². The highest BCUT2D eigenvalue weighted by molar-refractivity contribution is 7.91. The van der Waals surface area contributed by atoms with E-state index >= 15 is 0 Å². The minimum Gasteiger partial charge on any atom is -0.325 e. The number of carbonyl (C=O) groups is 1. The van der Waals surface area contributed by atoms with Crippen molar-refractivity contribution < 1.29 is 13.2 Å². The fourth-order valence-electron chi connectivity index (χ4n) is 1.92. The van der Waals surface area contributed by atoms with Crippen LogP contribution in [0.2, 0.25) is 4.34 Å². The predicted molar refractivity (Wildman–Crippen MR) is 91.3 cm³/mol. The summed E-state index contributed by atoms with van der Waals surface area (Å²) >= 11 is 6.98. The smallest absolute Gasteiger partial charge is 0.239 e. The summed E-state index contributed by atoms with van der Waals surface area (Å²) in [5.41, 5.74) is 1.75. The van der Waals surface area contributed by atoms with Crippen molar-refractivity contribution in [1.29, 1.82) is 0 Å². The summed E-state index contributed by atoms with van der Waals surface area (Å²) in [6.45, 7) is 2.04. The Morgan fingerprint density at radius 2 is 1.86 bits per heavy atom. The van der Waals surface area contributed by atoms with Crippen molar-refractivity contribution >= 4 is 44.4 Å². The van der Waals surface area contributed by atoms with Crippen LogP contribution >= 0.6 is 22.9 Å². The predicted octanol–water partition coefficient (Wildman–Crippen LogP) is 3.52. The van der Waals surface area contributed by atoms with Gasteiger partial charge in [0.15, 0.2) is 9.84 Å². The molecule has 0 saturated heterocycles. The first kappa shape index (κ1) is 17.0. The van der Waals surface area contributed by atoms with E-state index in [2.05, 4.69) is 5.32 Å². The van der Waals surface area contributed by atoms with Crippen molar-refractivity contribution in [3.63, 3.8) is 0 Å². The van der Waals surface area contributed by atoms with Crippen LogP contribution in [-0.2, 0) is 26.8 Å². The second-order valence-electron chi connectivity index (χ2n) is 4.84. The number of halogens is 1. The third kappa shape index (κ3) is 5.12. The van der Waals surface area contributed by atoms with Crippen LogP contribution in [-0.4, -0.2) is 20.1 Å². The quantitative estimate of drug-likeness (QED) is 0.860. The van der Waals surface area contributed by atoms with Gasteiger partial charge < -0.3 is 5.32 Å². The SMILES string of the molecule is CCc1ccc(NC(=O)CS(=O)(=O)Cc2ccc(Cl)s2)cc1. The number of nitrogens with one attached hydrogen (secondary N) is 1. The van der Waals surface area contributed by atoms with Gasteiger partial charge in [0.1, 0.15) is 5.75 Å². The van der Waals surface area contributed by atoms with Crippen LogP contribution in [0.25, 0.3) is 0 Å². The summed E-state index contributed by atoms with van der Waals surface area (Å²) in [6.07, 6.45) is 0.909. The number of anilines is 1. The Bertz CT molecular complexity index is 751. The molecule has 1 amide bonds. The van der Waals surface area contributed by atoms with Crippen LogP contribution < -0.4 is 5.32 Å². The Balaban J connectivity index is 1.95. The van der Waals surface area contributed by atoms with E-state index in [1.165, 1.54) is 11.3 Å². The molecule has 1 aromatic heterocycles. The maximum atomic E-state index is 12.0. The minimum absolute atomic E-state index is 0.174. The molecule has 0 aliphatic carbocycles. The molecule has 7 heteroatoms. The molecule has 2 rings (SSSR count). The van der Waals surface area contributed by atoms with E-state index in [1.807, 2.05) is 19.1 Å². The summed E-state index contributed by atoms with van der Waals surface area (Å²) in [5.74, 6) is -1.25. The van der Waals surface area contributed by atoms with Crippen LogP contribution in [0.3, 0.4) is 0 Å². The molecule has 4 nitrogen and oxygen atoms in total. The minimum atomic E-state index is -3.51. The average molecular weight is 358 g/mol. The van der Waals surface area contributed by atoms with E-state index in [0.717, 1.165) is 12.0 Å². The monoisotopic (exact) mass is 357 g/mol. The lowest BCUT2D eigenvalue weighted by molar-refractivity contribution is -0.113. The molecule has 2 aromatic rings. The molecule has 0 aliphatic rings. The maximum absolute atomic E-state index is 12.0. The molecule has 1 N–H and O–H groups in total. The Morgan fingerprint density at radius 1 is 1.18 bits per heavy atom. The van der Waals surface area contributed by atoms with Gasteiger partial charge in [0.2, 0.25) is 5.91 Å². The first-order valence-electron chi connectivity index (χ1n) is 6.71. The van der Waals surface area contributed by atoms with Crippen LogP contribution in [0.4, 0.5) is 5.69 Å². The van der Waals surface area contributed by atoms with Crippen LogP contribution in [0.15, 0.2) is 36.4 Å². The van der Waals surface area contributed by atoms with Gasteiger partial charge in [-0.3, -0.25) is 4.79 Å². The van der Waals surface area contributed by atoms with Gasteiger partial charge >= 0.3 is 0 Å². The number of aryl methyl sites for hydroxylation is 1. The largest absolute Gasteiger partial charge is 0.325 e. The van der Waals surface area contributed by atoms with Crippen molar-refractivity contribution in [3.05, 3.63) is 51.2 Å². The van der Waals surface area contributed by atoms with Crippen LogP contribution in [0.1, 0.15) is 17.4 Å². The molecule has 0 spiro atoms. The summed E-state index contributed by atoms with van der Waals surface area (Å²) in [5, 5.41) is 2.60. The zero-order chi connectivity index (χ0) is 16.2. The third-order valence-electron chi connectivity index (χ3n) is 2.99. The Kier molecular flexibility index (Phi) is 5.61. The first-order valence-corrected chi connectivity index (χ1v) is 9.73. The lowest BCUT2D eigenvalue weighted by Gasteiger charge is -2.06. The standard InChI is InChI=1S/C15H16ClNO3S2/c1-2-11-3-5-12(6-4-11)17-15(18)10-22(19,20)9-13-7-8-14(16)21-13/h3-8H,2,9-10H2,1H3,(H,17,18). The maximum Gasteiger partial charge on any atom is 0.239 e. The molecule has 1 heterocycles.